The van der Waals surface area contributed by atoms with E-state index in [1.54, 1.807) is 7.11 Å². The molecule has 3 heteroatoms. The molecule has 1 unspecified atom stereocenters. The molecule has 0 aliphatic carbocycles. The van der Waals surface area contributed by atoms with Crippen LogP contribution in [0.3, 0.4) is 0 Å². The van der Waals surface area contributed by atoms with Gasteiger partial charge in [0, 0.05) is 17.5 Å². The SMILES string of the molecule is CCC1(O)Cc2ccc(OC)cc2C(c2ccccc2)=N1. The van der Waals surface area contributed by atoms with Crippen LogP contribution in [-0.2, 0) is 6.42 Å². The first-order valence-electron chi connectivity index (χ1n) is 7.20. The second kappa shape index (κ2) is 5.34. The molecule has 1 N–H and O–H groups in total. The number of hydrogen-bond donors (Lipinski definition) is 1. The smallest absolute Gasteiger partial charge is 0.160 e. The fourth-order valence-electron chi connectivity index (χ4n) is 2.69. The van der Waals surface area contributed by atoms with E-state index in [1.165, 1.54) is 0 Å². The molecule has 2 aromatic carbocycles. The van der Waals surface area contributed by atoms with Crippen LogP contribution >= 0.6 is 0 Å². The minimum atomic E-state index is -1.02. The van der Waals surface area contributed by atoms with Gasteiger partial charge in [-0.05, 0) is 24.1 Å². The van der Waals surface area contributed by atoms with Gasteiger partial charge < -0.3 is 9.84 Å². The van der Waals surface area contributed by atoms with Crippen molar-refractivity contribution in [3.63, 3.8) is 0 Å². The molecule has 3 rings (SSSR count). The van der Waals surface area contributed by atoms with Gasteiger partial charge in [0.1, 0.15) is 5.75 Å². The lowest BCUT2D eigenvalue weighted by Gasteiger charge is -2.30. The van der Waals surface area contributed by atoms with Crippen molar-refractivity contribution in [1.29, 1.82) is 0 Å². The first-order valence-corrected chi connectivity index (χ1v) is 7.20. The molecule has 0 saturated carbocycles. The van der Waals surface area contributed by atoms with Crippen molar-refractivity contribution in [3.05, 3.63) is 65.2 Å². The summed E-state index contributed by atoms with van der Waals surface area (Å²) < 4.78 is 5.33. The summed E-state index contributed by atoms with van der Waals surface area (Å²) in [6.45, 7) is 1.96. The van der Waals surface area contributed by atoms with Crippen LogP contribution in [0.2, 0.25) is 0 Å². The summed E-state index contributed by atoms with van der Waals surface area (Å²) >= 11 is 0. The predicted molar refractivity (Wildman–Crippen MR) is 84.0 cm³/mol. The lowest BCUT2D eigenvalue weighted by molar-refractivity contribution is 0.0445. The van der Waals surface area contributed by atoms with Gasteiger partial charge in [0.25, 0.3) is 0 Å². The minimum absolute atomic E-state index is 0.541. The maximum atomic E-state index is 10.7. The second-order valence-electron chi connectivity index (χ2n) is 5.36. The lowest BCUT2D eigenvalue weighted by Crippen LogP contribution is -2.34. The van der Waals surface area contributed by atoms with Crippen LogP contribution in [0.5, 0.6) is 5.75 Å². The molecule has 0 fully saturated rings. The Morgan fingerprint density at radius 2 is 1.95 bits per heavy atom. The van der Waals surface area contributed by atoms with E-state index in [4.69, 9.17) is 4.74 Å². The van der Waals surface area contributed by atoms with Crippen molar-refractivity contribution in [2.75, 3.05) is 7.11 Å². The van der Waals surface area contributed by atoms with Crippen LogP contribution in [0, 0.1) is 0 Å². The van der Waals surface area contributed by atoms with E-state index in [9.17, 15) is 5.11 Å². The number of nitrogens with zero attached hydrogens (tertiary/aromatic N) is 1. The molecule has 0 aromatic heterocycles. The Labute approximate surface area is 124 Å². The number of ether oxygens (including phenoxy) is 1. The van der Waals surface area contributed by atoms with Gasteiger partial charge in [-0.15, -0.1) is 0 Å². The van der Waals surface area contributed by atoms with Crippen molar-refractivity contribution in [3.8, 4) is 5.75 Å². The van der Waals surface area contributed by atoms with Crippen molar-refractivity contribution >= 4 is 5.71 Å². The summed E-state index contributed by atoms with van der Waals surface area (Å²) in [6, 6.07) is 15.9. The van der Waals surface area contributed by atoms with Crippen LogP contribution in [0.25, 0.3) is 0 Å². The molecule has 21 heavy (non-hydrogen) atoms. The normalized spacial score (nSPS) is 20.6. The van der Waals surface area contributed by atoms with Crippen molar-refractivity contribution in [2.24, 2.45) is 4.99 Å². The Hall–Kier alpha value is -2.13. The van der Waals surface area contributed by atoms with E-state index in [0.29, 0.717) is 12.8 Å². The molecular formula is C18H19NO2. The molecule has 0 saturated heterocycles. The van der Waals surface area contributed by atoms with E-state index in [0.717, 1.165) is 28.2 Å². The number of fused-ring (bicyclic) bond motifs is 1. The summed E-state index contributed by atoms with van der Waals surface area (Å²) in [5.41, 5.74) is 2.97. The number of aliphatic imine (C=N–C) groups is 1. The lowest BCUT2D eigenvalue weighted by atomic mass is 9.87. The van der Waals surface area contributed by atoms with Gasteiger partial charge in [0.15, 0.2) is 5.72 Å². The van der Waals surface area contributed by atoms with E-state index in [2.05, 4.69) is 4.99 Å². The van der Waals surface area contributed by atoms with E-state index in [1.807, 2.05) is 55.5 Å². The Morgan fingerprint density at radius 1 is 1.19 bits per heavy atom. The highest BCUT2D eigenvalue weighted by Crippen LogP contribution is 2.32. The highest BCUT2D eigenvalue weighted by molar-refractivity contribution is 6.14. The van der Waals surface area contributed by atoms with E-state index < -0.39 is 5.72 Å². The van der Waals surface area contributed by atoms with Gasteiger partial charge in [-0.1, -0.05) is 43.3 Å². The molecule has 1 aliphatic rings. The fourth-order valence-corrected chi connectivity index (χ4v) is 2.69. The fraction of sp³-hybridized carbons (Fsp3) is 0.278. The monoisotopic (exact) mass is 281 g/mol. The van der Waals surface area contributed by atoms with Crippen LogP contribution in [-0.4, -0.2) is 23.7 Å². The Bertz CT molecular complexity index is 679. The largest absolute Gasteiger partial charge is 0.497 e. The molecule has 108 valence electrons. The third kappa shape index (κ3) is 2.57. The van der Waals surface area contributed by atoms with Crippen LogP contribution < -0.4 is 4.74 Å². The van der Waals surface area contributed by atoms with E-state index in [-0.39, 0.29) is 0 Å². The Morgan fingerprint density at radius 3 is 2.62 bits per heavy atom. The molecule has 0 radical (unpaired) electrons. The third-order valence-corrected chi connectivity index (χ3v) is 3.98. The standard InChI is InChI=1S/C18H19NO2/c1-3-18(20)12-14-9-10-15(21-2)11-16(14)17(19-18)13-7-5-4-6-8-13/h4-11,20H,3,12H2,1-2H3. The summed E-state index contributed by atoms with van der Waals surface area (Å²) in [5, 5.41) is 10.7. The van der Waals surface area contributed by atoms with Gasteiger partial charge >= 0.3 is 0 Å². The van der Waals surface area contributed by atoms with Gasteiger partial charge in [-0.25, -0.2) is 4.99 Å². The van der Waals surface area contributed by atoms with Gasteiger partial charge in [-0.3, -0.25) is 0 Å². The van der Waals surface area contributed by atoms with E-state index >= 15 is 0 Å². The first-order chi connectivity index (χ1) is 10.1. The highest BCUT2D eigenvalue weighted by Gasteiger charge is 2.32. The van der Waals surface area contributed by atoms with Crippen LogP contribution in [0.15, 0.2) is 53.5 Å². The minimum Gasteiger partial charge on any atom is -0.497 e. The third-order valence-electron chi connectivity index (χ3n) is 3.98. The molecular weight excluding hydrogens is 262 g/mol. The molecule has 1 atom stereocenters. The topological polar surface area (TPSA) is 41.8 Å². The zero-order valence-corrected chi connectivity index (χ0v) is 12.3. The van der Waals surface area contributed by atoms with Gasteiger partial charge in [0.2, 0.25) is 0 Å². The maximum Gasteiger partial charge on any atom is 0.160 e. The molecule has 0 bridgehead atoms. The van der Waals surface area contributed by atoms with Crippen LogP contribution in [0.4, 0.5) is 0 Å². The number of aliphatic hydroxyl groups is 1. The van der Waals surface area contributed by atoms with Crippen LogP contribution in [0.1, 0.15) is 30.0 Å². The molecule has 0 spiro atoms. The predicted octanol–water partition coefficient (Wildman–Crippen LogP) is 3.19. The number of benzene rings is 2. The average Bonchev–Trinajstić information content (AvgIpc) is 2.54. The zero-order chi connectivity index (χ0) is 14.9. The number of rotatable bonds is 3. The Kier molecular flexibility index (Phi) is 3.52. The molecule has 3 nitrogen and oxygen atoms in total. The molecule has 2 aromatic rings. The quantitative estimate of drug-likeness (QED) is 0.938. The zero-order valence-electron chi connectivity index (χ0n) is 12.3. The average molecular weight is 281 g/mol. The second-order valence-corrected chi connectivity index (χ2v) is 5.36. The molecule has 1 aliphatic heterocycles. The van der Waals surface area contributed by atoms with Gasteiger partial charge in [0.05, 0.1) is 12.8 Å². The summed E-state index contributed by atoms with van der Waals surface area (Å²) in [7, 11) is 1.66. The van der Waals surface area contributed by atoms with Crippen molar-refractivity contribution in [1.82, 2.24) is 0 Å². The van der Waals surface area contributed by atoms with Crippen molar-refractivity contribution < 1.29 is 9.84 Å². The molecule has 1 heterocycles. The van der Waals surface area contributed by atoms with Crippen molar-refractivity contribution in [2.45, 2.75) is 25.5 Å². The summed E-state index contributed by atoms with van der Waals surface area (Å²) in [5.74, 6) is 0.805. The maximum absolute atomic E-state index is 10.7. The summed E-state index contributed by atoms with van der Waals surface area (Å²) in [4.78, 5) is 4.64. The first kappa shape index (κ1) is 13.8. The molecule has 0 amide bonds. The Balaban J connectivity index is 2.19. The number of methoxy groups -OCH3 is 1. The summed E-state index contributed by atoms with van der Waals surface area (Å²) in [6.07, 6.45) is 1.13. The van der Waals surface area contributed by atoms with Gasteiger partial charge in [-0.2, -0.15) is 0 Å². The highest BCUT2D eigenvalue weighted by atomic mass is 16.5. The number of hydrogen-bond acceptors (Lipinski definition) is 3.